The Morgan fingerprint density at radius 3 is 2.38 bits per heavy atom. The quantitative estimate of drug-likeness (QED) is 0.392. The monoisotopic (exact) mass is 282 g/mol. The highest BCUT2D eigenvalue weighted by molar-refractivity contribution is 6.07. The molecular weight excluding hydrogens is 268 g/mol. The second-order valence-electron chi connectivity index (χ2n) is 4.46. The van der Waals surface area contributed by atoms with Gasteiger partial charge in [0.15, 0.2) is 5.78 Å². The summed E-state index contributed by atoms with van der Waals surface area (Å²) >= 11 is 0. The Kier molecular flexibility index (Phi) is 4.46. The van der Waals surface area contributed by atoms with Gasteiger partial charge in [-0.1, -0.05) is 30.3 Å². The molecule has 2 aromatic rings. The van der Waals surface area contributed by atoms with Crippen LogP contribution in [0.2, 0.25) is 0 Å². The highest BCUT2D eigenvalue weighted by atomic mass is 16.6. The number of carbonyl (C=O) groups excluding carboxylic acids is 1. The van der Waals surface area contributed by atoms with Gasteiger partial charge in [-0.15, -0.1) is 0 Å². The molecule has 0 spiro atoms. The summed E-state index contributed by atoms with van der Waals surface area (Å²) in [7, 11) is 0. The van der Waals surface area contributed by atoms with Gasteiger partial charge in [-0.25, -0.2) is 0 Å². The van der Waals surface area contributed by atoms with E-state index in [1.165, 1.54) is 24.3 Å². The number of carbonyl (C=O) groups is 1. The molecule has 0 fully saturated rings. The van der Waals surface area contributed by atoms with E-state index in [1.807, 2.05) is 30.3 Å². The van der Waals surface area contributed by atoms with Gasteiger partial charge in [-0.3, -0.25) is 14.9 Å². The van der Waals surface area contributed by atoms with Crippen LogP contribution in [0.3, 0.4) is 0 Å². The van der Waals surface area contributed by atoms with Gasteiger partial charge in [-0.2, -0.15) is 0 Å². The molecule has 2 rings (SSSR count). The van der Waals surface area contributed by atoms with E-state index in [9.17, 15) is 14.9 Å². The molecule has 0 atom stereocenters. The van der Waals surface area contributed by atoms with E-state index >= 15 is 0 Å². The Bertz CT molecular complexity index is 694. The van der Waals surface area contributed by atoms with E-state index in [4.69, 9.17) is 0 Å². The maximum Gasteiger partial charge on any atom is 0.280 e. The molecule has 0 saturated carbocycles. The third-order valence-electron chi connectivity index (χ3n) is 2.83. The molecule has 0 unspecified atom stereocenters. The molecule has 21 heavy (non-hydrogen) atoms. The van der Waals surface area contributed by atoms with Crippen molar-refractivity contribution in [1.29, 1.82) is 0 Å². The van der Waals surface area contributed by atoms with Gasteiger partial charge in [0.2, 0.25) is 0 Å². The number of nitro groups is 1. The summed E-state index contributed by atoms with van der Waals surface area (Å²) in [6.07, 6.45) is 1.36. The molecule has 0 heterocycles. The van der Waals surface area contributed by atoms with Crippen molar-refractivity contribution in [2.24, 2.45) is 0 Å². The number of para-hydroxylation sites is 2. The van der Waals surface area contributed by atoms with E-state index in [0.717, 1.165) is 5.69 Å². The second kappa shape index (κ2) is 6.47. The first-order valence-electron chi connectivity index (χ1n) is 6.36. The number of ketones is 1. The standard InChI is InChI=1S/C16H14N2O3/c1-12(17-13-7-3-2-4-8-13)11-16(19)14-9-5-6-10-15(14)18(20)21/h2-11,17H,1H3/b12-11+. The van der Waals surface area contributed by atoms with Crippen molar-refractivity contribution in [3.63, 3.8) is 0 Å². The van der Waals surface area contributed by atoms with Gasteiger partial charge in [0.1, 0.15) is 0 Å². The smallest absolute Gasteiger partial charge is 0.280 e. The van der Waals surface area contributed by atoms with Crippen LogP contribution in [0.5, 0.6) is 0 Å². The Morgan fingerprint density at radius 2 is 1.71 bits per heavy atom. The second-order valence-corrected chi connectivity index (χ2v) is 4.46. The van der Waals surface area contributed by atoms with Crippen LogP contribution >= 0.6 is 0 Å². The first-order chi connectivity index (χ1) is 10.1. The van der Waals surface area contributed by atoms with Crippen molar-refractivity contribution < 1.29 is 9.72 Å². The maximum absolute atomic E-state index is 12.1. The molecule has 2 aromatic carbocycles. The lowest BCUT2D eigenvalue weighted by Crippen LogP contribution is -2.04. The number of benzene rings is 2. The summed E-state index contributed by atoms with van der Waals surface area (Å²) in [5, 5.41) is 14.0. The Labute approximate surface area is 122 Å². The van der Waals surface area contributed by atoms with Crippen molar-refractivity contribution in [3.05, 3.63) is 82.0 Å². The lowest BCUT2D eigenvalue weighted by atomic mass is 10.1. The van der Waals surface area contributed by atoms with Crippen LogP contribution < -0.4 is 5.32 Å². The first kappa shape index (κ1) is 14.5. The number of hydrogen-bond acceptors (Lipinski definition) is 4. The Morgan fingerprint density at radius 1 is 1.10 bits per heavy atom. The van der Waals surface area contributed by atoms with Crippen molar-refractivity contribution >= 4 is 17.2 Å². The van der Waals surface area contributed by atoms with Gasteiger partial charge in [0.05, 0.1) is 10.5 Å². The lowest BCUT2D eigenvalue weighted by Gasteiger charge is -2.06. The van der Waals surface area contributed by atoms with Gasteiger partial charge >= 0.3 is 0 Å². The summed E-state index contributed by atoms with van der Waals surface area (Å²) in [6, 6.07) is 15.3. The molecule has 0 amide bonds. The largest absolute Gasteiger partial charge is 0.359 e. The van der Waals surface area contributed by atoms with E-state index in [0.29, 0.717) is 5.70 Å². The third kappa shape index (κ3) is 3.76. The molecule has 0 saturated heterocycles. The topological polar surface area (TPSA) is 72.2 Å². The number of anilines is 1. The van der Waals surface area contributed by atoms with Crippen LogP contribution in [-0.2, 0) is 0 Å². The van der Waals surface area contributed by atoms with Gasteiger partial charge in [0.25, 0.3) is 5.69 Å². The minimum absolute atomic E-state index is 0.0803. The Balaban J connectivity index is 2.21. The summed E-state index contributed by atoms with van der Waals surface area (Å²) in [6.45, 7) is 1.74. The van der Waals surface area contributed by atoms with E-state index in [-0.39, 0.29) is 11.3 Å². The molecule has 0 aliphatic heterocycles. The van der Waals surface area contributed by atoms with Crippen molar-refractivity contribution in [2.45, 2.75) is 6.92 Å². The van der Waals surface area contributed by atoms with Crippen molar-refractivity contribution in [1.82, 2.24) is 0 Å². The number of allylic oxidation sites excluding steroid dienone is 2. The normalized spacial score (nSPS) is 11.0. The summed E-state index contributed by atoms with van der Waals surface area (Å²) in [5.74, 6) is -0.400. The van der Waals surface area contributed by atoms with Crippen LogP contribution in [0.1, 0.15) is 17.3 Å². The predicted octanol–water partition coefficient (Wildman–Crippen LogP) is 3.79. The van der Waals surface area contributed by atoms with Gasteiger partial charge in [-0.05, 0) is 25.1 Å². The van der Waals surface area contributed by atoms with Crippen LogP contribution in [0.15, 0.2) is 66.4 Å². The SMILES string of the molecule is C/C(=C\C(=O)c1ccccc1[N+](=O)[O-])Nc1ccccc1. The van der Waals surface area contributed by atoms with Crippen LogP contribution in [-0.4, -0.2) is 10.7 Å². The average Bonchev–Trinajstić information content (AvgIpc) is 2.48. The number of nitrogens with zero attached hydrogens (tertiary/aromatic N) is 1. The zero-order chi connectivity index (χ0) is 15.2. The summed E-state index contributed by atoms with van der Waals surface area (Å²) in [4.78, 5) is 22.5. The molecule has 0 aliphatic rings. The van der Waals surface area contributed by atoms with Crippen LogP contribution in [0, 0.1) is 10.1 Å². The molecule has 0 radical (unpaired) electrons. The number of nitrogens with one attached hydrogen (secondary N) is 1. The van der Waals surface area contributed by atoms with Crippen LogP contribution in [0.4, 0.5) is 11.4 Å². The van der Waals surface area contributed by atoms with Crippen molar-refractivity contribution in [3.8, 4) is 0 Å². The Hall–Kier alpha value is -2.95. The van der Waals surface area contributed by atoms with Crippen LogP contribution in [0.25, 0.3) is 0 Å². The number of rotatable bonds is 5. The highest BCUT2D eigenvalue weighted by Gasteiger charge is 2.17. The minimum atomic E-state index is -0.555. The lowest BCUT2D eigenvalue weighted by molar-refractivity contribution is -0.385. The van der Waals surface area contributed by atoms with Gasteiger partial charge in [0, 0.05) is 23.5 Å². The zero-order valence-corrected chi connectivity index (χ0v) is 11.4. The predicted molar refractivity (Wildman–Crippen MR) is 81.2 cm³/mol. The molecular formula is C16H14N2O3. The fourth-order valence-electron chi connectivity index (χ4n) is 1.90. The number of hydrogen-bond donors (Lipinski definition) is 1. The van der Waals surface area contributed by atoms with Gasteiger partial charge < -0.3 is 5.32 Å². The molecule has 0 aliphatic carbocycles. The highest BCUT2D eigenvalue weighted by Crippen LogP contribution is 2.19. The van der Waals surface area contributed by atoms with E-state index in [1.54, 1.807) is 13.0 Å². The van der Waals surface area contributed by atoms with E-state index < -0.39 is 10.7 Å². The molecule has 0 aromatic heterocycles. The average molecular weight is 282 g/mol. The molecule has 1 N–H and O–H groups in total. The summed E-state index contributed by atoms with van der Waals surface area (Å²) in [5.41, 5.74) is 1.36. The molecule has 5 heteroatoms. The molecule has 106 valence electrons. The third-order valence-corrected chi connectivity index (χ3v) is 2.83. The first-order valence-corrected chi connectivity index (χ1v) is 6.36. The zero-order valence-electron chi connectivity index (χ0n) is 11.4. The maximum atomic E-state index is 12.1. The number of nitro benzene ring substituents is 1. The molecule has 5 nitrogen and oxygen atoms in total. The van der Waals surface area contributed by atoms with Crippen molar-refractivity contribution in [2.75, 3.05) is 5.32 Å². The van der Waals surface area contributed by atoms with E-state index in [2.05, 4.69) is 5.32 Å². The fraction of sp³-hybridized carbons (Fsp3) is 0.0625. The minimum Gasteiger partial charge on any atom is -0.359 e. The fourth-order valence-corrected chi connectivity index (χ4v) is 1.90. The summed E-state index contributed by atoms with van der Waals surface area (Å²) < 4.78 is 0. The molecule has 0 bridgehead atoms.